The molecule has 0 aromatic carbocycles. The summed E-state index contributed by atoms with van der Waals surface area (Å²) in [6.45, 7) is 0. The zero-order chi connectivity index (χ0) is 13.8. The number of nitrogens with one attached hydrogen (secondary N) is 2. The summed E-state index contributed by atoms with van der Waals surface area (Å²) >= 11 is 0. The molecule has 0 spiro atoms. The van der Waals surface area contributed by atoms with Crippen LogP contribution in [0.25, 0.3) is 0 Å². The highest BCUT2D eigenvalue weighted by molar-refractivity contribution is 5.98. The Balaban J connectivity index is 1.78. The van der Waals surface area contributed by atoms with Crippen molar-refractivity contribution in [2.45, 2.75) is 43.3 Å². The summed E-state index contributed by atoms with van der Waals surface area (Å²) in [7, 11) is 0. The molecular weight excluding hydrogens is 261 g/mol. The molecule has 1 amide bonds. The highest BCUT2D eigenvalue weighted by Crippen LogP contribution is 2.49. The highest BCUT2D eigenvalue weighted by atomic mass is 19.4. The molecule has 8 heteroatoms. The van der Waals surface area contributed by atoms with E-state index < -0.39 is 17.6 Å². The Labute approximate surface area is 106 Å². The molecular formula is C11H13F3N4O. The molecule has 104 valence electrons. The number of hydrogen-bond donors (Lipinski definition) is 3. The number of carbonyl (C=O) groups is 1. The van der Waals surface area contributed by atoms with E-state index in [0.29, 0.717) is 5.69 Å². The van der Waals surface area contributed by atoms with E-state index in [1.807, 2.05) is 5.32 Å². The number of nitrogens with zero attached hydrogens (tertiary/aromatic N) is 1. The Morgan fingerprint density at radius 1 is 1.42 bits per heavy atom. The molecule has 4 N–H and O–H groups in total. The third-order valence-corrected chi connectivity index (χ3v) is 3.68. The lowest BCUT2D eigenvalue weighted by atomic mass is 10.2. The van der Waals surface area contributed by atoms with Crippen LogP contribution in [-0.4, -0.2) is 27.8 Å². The zero-order valence-electron chi connectivity index (χ0n) is 9.97. The minimum absolute atomic E-state index is 0.0952. The topological polar surface area (TPSA) is 83.8 Å². The Bertz CT molecular complexity index is 529. The van der Waals surface area contributed by atoms with Crippen LogP contribution in [0.5, 0.6) is 0 Å². The van der Waals surface area contributed by atoms with Crippen molar-refractivity contribution < 1.29 is 18.0 Å². The fraction of sp³-hybridized carbons (Fsp3) is 0.636. The summed E-state index contributed by atoms with van der Waals surface area (Å²) in [5, 5.41) is 8.40. The number of hydrogen-bond acceptors (Lipinski definition) is 3. The fourth-order valence-electron chi connectivity index (χ4n) is 2.10. The molecule has 19 heavy (non-hydrogen) atoms. The molecule has 5 nitrogen and oxygen atoms in total. The van der Waals surface area contributed by atoms with Gasteiger partial charge in [-0.3, -0.25) is 9.89 Å². The van der Waals surface area contributed by atoms with Gasteiger partial charge in [0.1, 0.15) is 5.54 Å². The number of carbonyl (C=O) groups excluding carboxylic acids is 1. The minimum Gasteiger partial charge on any atom is -0.395 e. The van der Waals surface area contributed by atoms with E-state index >= 15 is 0 Å². The molecule has 1 aromatic rings. The average molecular weight is 274 g/mol. The lowest BCUT2D eigenvalue weighted by Gasteiger charge is -2.20. The second-order valence-electron chi connectivity index (χ2n) is 5.21. The molecule has 2 aliphatic rings. The van der Waals surface area contributed by atoms with E-state index in [-0.39, 0.29) is 30.1 Å². The van der Waals surface area contributed by atoms with Crippen molar-refractivity contribution in [2.24, 2.45) is 0 Å². The number of H-pyrrole nitrogens is 1. The normalized spacial score (nSPS) is 21.2. The van der Waals surface area contributed by atoms with Crippen LogP contribution < -0.4 is 11.1 Å². The summed E-state index contributed by atoms with van der Waals surface area (Å²) in [4.78, 5) is 11.9. The quantitative estimate of drug-likeness (QED) is 0.784. The summed E-state index contributed by atoms with van der Waals surface area (Å²) < 4.78 is 38.2. The van der Waals surface area contributed by atoms with Gasteiger partial charge in [0.05, 0.1) is 11.4 Å². The zero-order valence-corrected chi connectivity index (χ0v) is 9.97. The van der Waals surface area contributed by atoms with Crippen LogP contribution in [0.2, 0.25) is 0 Å². The van der Waals surface area contributed by atoms with Crippen LogP contribution in [0.4, 0.5) is 18.9 Å². The van der Waals surface area contributed by atoms with Gasteiger partial charge in [0.25, 0.3) is 5.91 Å². The molecule has 0 saturated heterocycles. The standard InChI is InChI=1S/C11H13F3N4O/c12-11(13,14)10(3-4-10)16-9(19)8-6(15)7(17-18-8)5-1-2-5/h5H,1-4,15H2,(H,16,19)(H,17,18). The number of aromatic amines is 1. The third-order valence-electron chi connectivity index (χ3n) is 3.68. The molecule has 2 fully saturated rings. The van der Waals surface area contributed by atoms with Crippen molar-refractivity contribution >= 4 is 11.6 Å². The predicted molar refractivity (Wildman–Crippen MR) is 60.5 cm³/mol. The summed E-state index contributed by atoms with van der Waals surface area (Å²) in [6, 6.07) is 0. The lowest BCUT2D eigenvalue weighted by Crippen LogP contribution is -2.48. The molecule has 0 atom stereocenters. The van der Waals surface area contributed by atoms with Gasteiger partial charge < -0.3 is 11.1 Å². The van der Waals surface area contributed by atoms with Gasteiger partial charge >= 0.3 is 6.18 Å². The molecule has 2 saturated carbocycles. The van der Waals surface area contributed by atoms with E-state index in [9.17, 15) is 18.0 Å². The molecule has 2 aliphatic carbocycles. The summed E-state index contributed by atoms with van der Waals surface area (Å²) in [6.07, 6.45) is -2.71. The van der Waals surface area contributed by atoms with Gasteiger partial charge in [-0.1, -0.05) is 0 Å². The monoisotopic (exact) mass is 274 g/mol. The van der Waals surface area contributed by atoms with Crippen LogP contribution in [-0.2, 0) is 0 Å². The van der Waals surface area contributed by atoms with E-state index in [2.05, 4.69) is 10.2 Å². The first-order valence-corrected chi connectivity index (χ1v) is 6.07. The number of alkyl halides is 3. The van der Waals surface area contributed by atoms with Gasteiger partial charge in [-0.25, -0.2) is 0 Å². The van der Waals surface area contributed by atoms with Crippen LogP contribution in [0, 0.1) is 0 Å². The molecule has 1 heterocycles. The number of anilines is 1. The van der Waals surface area contributed by atoms with Gasteiger partial charge in [-0.05, 0) is 25.7 Å². The van der Waals surface area contributed by atoms with E-state index in [1.54, 1.807) is 0 Å². The molecule has 0 bridgehead atoms. The Hall–Kier alpha value is -1.73. The van der Waals surface area contributed by atoms with Crippen LogP contribution in [0.3, 0.4) is 0 Å². The first-order chi connectivity index (χ1) is 8.84. The summed E-state index contributed by atoms with van der Waals surface area (Å²) in [5.74, 6) is -0.609. The Morgan fingerprint density at radius 3 is 2.53 bits per heavy atom. The smallest absolute Gasteiger partial charge is 0.395 e. The van der Waals surface area contributed by atoms with E-state index in [1.165, 1.54) is 0 Å². The van der Waals surface area contributed by atoms with Crippen molar-refractivity contribution in [3.05, 3.63) is 11.4 Å². The van der Waals surface area contributed by atoms with Gasteiger partial charge in [-0.2, -0.15) is 18.3 Å². The van der Waals surface area contributed by atoms with Crippen molar-refractivity contribution in [3.8, 4) is 0 Å². The first kappa shape index (κ1) is 12.3. The Morgan fingerprint density at radius 2 is 2.05 bits per heavy atom. The van der Waals surface area contributed by atoms with Crippen LogP contribution in [0.1, 0.15) is 47.8 Å². The van der Waals surface area contributed by atoms with Crippen molar-refractivity contribution in [2.75, 3.05) is 5.73 Å². The number of halogens is 3. The van der Waals surface area contributed by atoms with Crippen molar-refractivity contribution in [1.82, 2.24) is 15.5 Å². The van der Waals surface area contributed by atoms with Crippen LogP contribution in [0.15, 0.2) is 0 Å². The lowest BCUT2D eigenvalue weighted by molar-refractivity contribution is -0.163. The first-order valence-electron chi connectivity index (χ1n) is 6.07. The molecule has 0 unspecified atom stereocenters. The van der Waals surface area contributed by atoms with Crippen molar-refractivity contribution in [1.29, 1.82) is 0 Å². The van der Waals surface area contributed by atoms with Gasteiger partial charge in [0.2, 0.25) is 0 Å². The molecule has 0 aliphatic heterocycles. The third kappa shape index (κ3) is 1.95. The maximum absolute atomic E-state index is 12.7. The van der Waals surface area contributed by atoms with Gasteiger partial charge in [0, 0.05) is 5.92 Å². The van der Waals surface area contributed by atoms with Crippen LogP contribution >= 0.6 is 0 Å². The largest absolute Gasteiger partial charge is 0.411 e. The second-order valence-corrected chi connectivity index (χ2v) is 5.21. The summed E-state index contributed by atoms with van der Waals surface area (Å²) in [5.41, 5.74) is 4.35. The SMILES string of the molecule is Nc1c(C(=O)NC2(C(F)(F)F)CC2)n[nH]c1C1CC1. The number of amides is 1. The molecule has 3 rings (SSSR count). The Kier molecular flexibility index (Phi) is 2.36. The molecule has 1 aromatic heterocycles. The van der Waals surface area contributed by atoms with E-state index in [4.69, 9.17) is 5.73 Å². The number of nitrogen functional groups attached to an aromatic ring is 1. The minimum atomic E-state index is -4.44. The average Bonchev–Trinajstić information content (AvgIpc) is 3.18. The second kappa shape index (κ2) is 3.64. The number of aromatic nitrogens is 2. The van der Waals surface area contributed by atoms with Crippen molar-refractivity contribution in [3.63, 3.8) is 0 Å². The fourth-order valence-corrected chi connectivity index (χ4v) is 2.10. The van der Waals surface area contributed by atoms with Gasteiger partial charge in [-0.15, -0.1) is 0 Å². The number of nitrogens with two attached hydrogens (primary N) is 1. The maximum Gasteiger partial charge on any atom is 0.411 e. The van der Waals surface area contributed by atoms with E-state index in [0.717, 1.165) is 12.8 Å². The predicted octanol–water partition coefficient (Wildman–Crippen LogP) is 1.69. The molecule has 0 radical (unpaired) electrons. The maximum atomic E-state index is 12.7. The van der Waals surface area contributed by atoms with Gasteiger partial charge in [0.15, 0.2) is 5.69 Å². The highest BCUT2D eigenvalue weighted by Gasteiger charge is 2.64. The number of rotatable bonds is 3.